The fourth-order valence-corrected chi connectivity index (χ4v) is 3.29. The third-order valence-electron chi connectivity index (χ3n) is 3.29. The van der Waals surface area contributed by atoms with Crippen molar-refractivity contribution < 1.29 is 9.72 Å². The monoisotopic (exact) mass is 372 g/mol. The largest absolute Gasteiger partial charge is 0.298 e. The van der Waals surface area contributed by atoms with E-state index < -0.39 is 4.92 Å². The quantitative estimate of drug-likeness (QED) is 0.412. The summed E-state index contributed by atoms with van der Waals surface area (Å²) in [4.78, 5) is 30.9. The minimum atomic E-state index is -0.419. The second-order valence-corrected chi connectivity index (χ2v) is 6.61. The van der Waals surface area contributed by atoms with Gasteiger partial charge >= 0.3 is 0 Å². The highest BCUT2D eigenvalue weighted by atomic mass is 32.1. The molecule has 3 aromatic rings. The van der Waals surface area contributed by atoms with Crippen LogP contribution in [0.15, 0.2) is 40.5 Å². The molecule has 3 rings (SSSR count). The average Bonchev–Trinajstić information content (AvgIpc) is 3.25. The maximum Gasteiger partial charge on any atom is 0.272 e. The molecule has 0 bridgehead atoms. The maximum atomic E-state index is 11.9. The molecule has 1 aromatic carbocycles. The molecule has 1 amide bonds. The number of carbonyl (C=O) groups excluding carboxylic acids is 1. The van der Waals surface area contributed by atoms with Gasteiger partial charge in [-0.2, -0.15) is 0 Å². The highest BCUT2D eigenvalue weighted by molar-refractivity contribution is 7.14. The Kier molecular flexibility index (Phi) is 4.96. The van der Waals surface area contributed by atoms with Crippen molar-refractivity contribution in [2.45, 2.75) is 6.92 Å². The van der Waals surface area contributed by atoms with Crippen molar-refractivity contribution in [3.63, 3.8) is 0 Å². The Balaban J connectivity index is 1.73. The van der Waals surface area contributed by atoms with Crippen molar-refractivity contribution in [1.82, 2.24) is 9.97 Å². The molecular formula is C16H12N4O3S2. The van der Waals surface area contributed by atoms with Gasteiger partial charge in [0, 0.05) is 34.0 Å². The summed E-state index contributed by atoms with van der Waals surface area (Å²) in [5.74, 6) is -0.316. The Labute approximate surface area is 150 Å². The predicted octanol–water partition coefficient (Wildman–Crippen LogP) is 4.14. The topological polar surface area (TPSA) is 98.0 Å². The van der Waals surface area contributed by atoms with Gasteiger partial charge in [0.25, 0.3) is 5.69 Å². The van der Waals surface area contributed by atoms with Gasteiger partial charge in [0.1, 0.15) is 0 Å². The molecule has 126 valence electrons. The number of rotatable bonds is 5. The van der Waals surface area contributed by atoms with Crippen molar-refractivity contribution >= 4 is 45.5 Å². The van der Waals surface area contributed by atoms with Gasteiger partial charge in [-0.1, -0.05) is 12.1 Å². The molecule has 2 heterocycles. The summed E-state index contributed by atoms with van der Waals surface area (Å²) in [5.41, 5.74) is 4.24. The summed E-state index contributed by atoms with van der Waals surface area (Å²) in [5, 5.41) is 17.7. The zero-order chi connectivity index (χ0) is 17.8. The molecule has 0 atom stereocenters. The number of amides is 1. The van der Waals surface area contributed by atoms with E-state index in [1.54, 1.807) is 36.0 Å². The first-order valence-electron chi connectivity index (χ1n) is 7.11. The molecule has 0 aliphatic rings. The van der Waals surface area contributed by atoms with Crippen LogP contribution in [-0.4, -0.2) is 20.8 Å². The van der Waals surface area contributed by atoms with Gasteiger partial charge in [0.15, 0.2) is 5.13 Å². The van der Waals surface area contributed by atoms with E-state index in [9.17, 15) is 14.9 Å². The van der Waals surface area contributed by atoms with Crippen molar-refractivity contribution in [1.29, 1.82) is 0 Å². The van der Waals surface area contributed by atoms with Crippen LogP contribution in [0, 0.1) is 17.0 Å². The Morgan fingerprint density at radius 1 is 1.36 bits per heavy atom. The van der Waals surface area contributed by atoms with Gasteiger partial charge in [0.05, 0.1) is 21.8 Å². The van der Waals surface area contributed by atoms with Crippen molar-refractivity contribution in [3.8, 4) is 11.3 Å². The van der Waals surface area contributed by atoms with E-state index in [0.29, 0.717) is 27.6 Å². The predicted molar refractivity (Wildman–Crippen MR) is 98.7 cm³/mol. The Morgan fingerprint density at radius 2 is 2.20 bits per heavy atom. The summed E-state index contributed by atoms with van der Waals surface area (Å²) >= 11 is 2.70. The third kappa shape index (κ3) is 4.14. The second kappa shape index (κ2) is 7.32. The van der Waals surface area contributed by atoms with E-state index in [4.69, 9.17) is 0 Å². The number of nitrogens with zero attached hydrogens (tertiary/aromatic N) is 3. The van der Waals surface area contributed by atoms with Crippen LogP contribution < -0.4 is 5.32 Å². The number of anilines is 1. The van der Waals surface area contributed by atoms with Gasteiger partial charge < -0.3 is 0 Å². The van der Waals surface area contributed by atoms with Crippen LogP contribution in [0.1, 0.15) is 11.3 Å². The van der Waals surface area contributed by atoms with Crippen LogP contribution in [0.4, 0.5) is 10.8 Å². The number of aromatic nitrogens is 2. The van der Waals surface area contributed by atoms with Crippen LogP contribution in [0.25, 0.3) is 17.3 Å². The SMILES string of the molecule is Cc1ccc(-c2csc(NC(=O)/C=C/c3cscn3)n2)cc1[N+](=O)[O-]. The van der Waals surface area contributed by atoms with Crippen molar-refractivity contribution in [3.05, 3.63) is 61.9 Å². The highest BCUT2D eigenvalue weighted by Crippen LogP contribution is 2.29. The van der Waals surface area contributed by atoms with Crippen LogP contribution in [0.2, 0.25) is 0 Å². The standard InChI is InChI=1S/C16H12N4O3S2/c1-10-2-3-11(6-14(10)20(22)23)13-8-25-16(18-13)19-15(21)5-4-12-7-24-9-17-12/h2-9H,1H3,(H,18,19,21)/b5-4+. The smallest absolute Gasteiger partial charge is 0.272 e. The summed E-state index contributed by atoms with van der Waals surface area (Å²) in [6, 6.07) is 4.94. The number of hydrogen-bond donors (Lipinski definition) is 1. The maximum absolute atomic E-state index is 11.9. The number of thiazole rings is 2. The first-order valence-corrected chi connectivity index (χ1v) is 8.93. The number of benzene rings is 1. The van der Waals surface area contributed by atoms with Crippen LogP contribution >= 0.6 is 22.7 Å². The first kappa shape index (κ1) is 16.9. The molecular weight excluding hydrogens is 360 g/mol. The summed E-state index contributed by atoms with van der Waals surface area (Å²) in [7, 11) is 0. The van der Waals surface area contributed by atoms with Crippen LogP contribution in [0.5, 0.6) is 0 Å². The molecule has 0 unspecified atom stereocenters. The first-order chi connectivity index (χ1) is 12.0. The van der Waals surface area contributed by atoms with Crippen LogP contribution in [0.3, 0.4) is 0 Å². The van der Waals surface area contributed by atoms with E-state index in [2.05, 4.69) is 15.3 Å². The summed E-state index contributed by atoms with van der Waals surface area (Å²) in [6.45, 7) is 1.68. The zero-order valence-electron chi connectivity index (χ0n) is 13.0. The minimum absolute atomic E-state index is 0.0438. The van der Waals surface area contributed by atoms with Gasteiger partial charge in [-0.3, -0.25) is 20.2 Å². The molecule has 0 aliphatic heterocycles. The Bertz CT molecular complexity index is 948. The lowest BCUT2D eigenvalue weighted by Crippen LogP contribution is -2.07. The van der Waals surface area contributed by atoms with Gasteiger partial charge in [-0.25, -0.2) is 9.97 Å². The lowest BCUT2D eigenvalue weighted by Gasteiger charge is -2.00. The Morgan fingerprint density at radius 3 is 2.92 bits per heavy atom. The lowest BCUT2D eigenvalue weighted by molar-refractivity contribution is -0.385. The molecule has 9 heteroatoms. The number of hydrogen-bond acceptors (Lipinski definition) is 7. The van der Waals surface area contributed by atoms with E-state index in [0.717, 1.165) is 0 Å². The second-order valence-electron chi connectivity index (χ2n) is 5.03. The average molecular weight is 372 g/mol. The molecule has 0 radical (unpaired) electrons. The zero-order valence-corrected chi connectivity index (χ0v) is 14.6. The molecule has 25 heavy (non-hydrogen) atoms. The minimum Gasteiger partial charge on any atom is -0.298 e. The number of carbonyl (C=O) groups is 1. The number of nitro groups is 1. The third-order valence-corrected chi connectivity index (χ3v) is 4.66. The van der Waals surface area contributed by atoms with Gasteiger partial charge in [-0.15, -0.1) is 22.7 Å². The highest BCUT2D eigenvalue weighted by Gasteiger charge is 2.14. The van der Waals surface area contributed by atoms with Crippen LogP contribution in [-0.2, 0) is 4.79 Å². The van der Waals surface area contributed by atoms with Gasteiger partial charge in [-0.05, 0) is 13.0 Å². The number of nitrogens with one attached hydrogen (secondary N) is 1. The van der Waals surface area contributed by atoms with E-state index >= 15 is 0 Å². The molecule has 7 nitrogen and oxygen atoms in total. The molecule has 1 N–H and O–H groups in total. The van der Waals surface area contributed by atoms with E-state index in [1.165, 1.54) is 34.8 Å². The summed E-state index contributed by atoms with van der Waals surface area (Å²) in [6.07, 6.45) is 3.00. The molecule has 0 fully saturated rings. The van der Waals surface area contributed by atoms with Crippen molar-refractivity contribution in [2.24, 2.45) is 0 Å². The molecule has 0 aliphatic carbocycles. The van der Waals surface area contributed by atoms with E-state index in [1.807, 2.05) is 5.38 Å². The fourth-order valence-electron chi connectivity index (χ4n) is 2.04. The molecule has 2 aromatic heterocycles. The normalized spacial score (nSPS) is 10.9. The summed E-state index contributed by atoms with van der Waals surface area (Å²) < 4.78 is 0. The van der Waals surface area contributed by atoms with Crippen molar-refractivity contribution in [2.75, 3.05) is 5.32 Å². The number of aryl methyl sites for hydroxylation is 1. The lowest BCUT2D eigenvalue weighted by atomic mass is 10.1. The molecule has 0 saturated heterocycles. The number of nitro benzene ring substituents is 1. The molecule has 0 spiro atoms. The fraction of sp³-hybridized carbons (Fsp3) is 0.0625. The van der Waals surface area contributed by atoms with E-state index in [-0.39, 0.29) is 11.6 Å². The molecule has 0 saturated carbocycles. The van der Waals surface area contributed by atoms with Gasteiger partial charge in [0.2, 0.25) is 5.91 Å². The Hall–Kier alpha value is -2.91.